The molecule has 19 heavy (non-hydrogen) atoms. The predicted octanol–water partition coefficient (Wildman–Crippen LogP) is 3.64. The van der Waals surface area contributed by atoms with Crippen molar-refractivity contribution in [2.75, 3.05) is 19.0 Å². The van der Waals surface area contributed by atoms with Crippen LogP contribution in [0, 0.1) is 18.2 Å². The van der Waals surface area contributed by atoms with Crippen LogP contribution in [0.1, 0.15) is 0 Å². The monoisotopic (exact) mass is 259 g/mol. The van der Waals surface area contributed by atoms with E-state index in [4.69, 9.17) is 6.57 Å². The van der Waals surface area contributed by atoms with Gasteiger partial charge in [-0.15, -0.1) is 0 Å². The van der Waals surface area contributed by atoms with Gasteiger partial charge in [-0.25, -0.2) is 13.6 Å². The molecular formula is C14H11F2N3. The zero-order chi connectivity index (χ0) is 14.0. The Labute approximate surface area is 109 Å². The summed E-state index contributed by atoms with van der Waals surface area (Å²) in [6, 6.07) is 5.83. The minimum Gasteiger partial charge on any atom is -0.378 e. The van der Waals surface area contributed by atoms with E-state index in [2.05, 4.69) is 9.83 Å². The third-order valence-corrected chi connectivity index (χ3v) is 2.71. The molecule has 0 spiro atoms. The Kier molecular flexibility index (Phi) is 3.43. The van der Waals surface area contributed by atoms with Gasteiger partial charge >= 0.3 is 0 Å². The number of benzene rings is 1. The van der Waals surface area contributed by atoms with Crippen molar-refractivity contribution in [3.05, 3.63) is 53.5 Å². The van der Waals surface area contributed by atoms with E-state index in [1.54, 1.807) is 18.3 Å². The highest BCUT2D eigenvalue weighted by molar-refractivity contribution is 5.70. The molecule has 5 heteroatoms. The summed E-state index contributed by atoms with van der Waals surface area (Å²) >= 11 is 0. The fourth-order valence-corrected chi connectivity index (χ4v) is 1.69. The Morgan fingerprint density at radius 1 is 1.21 bits per heavy atom. The summed E-state index contributed by atoms with van der Waals surface area (Å²) in [6.07, 6.45) is 1.55. The molecule has 1 aromatic heterocycles. The molecular weight excluding hydrogens is 248 g/mol. The largest absolute Gasteiger partial charge is 0.378 e. The number of pyridine rings is 1. The minimum absolute atomic E-state index is 0.121. The number of nitrogens with zero attached hydrogens (tertiary/aromatic N) is 3. The lowest BCUT2D eigenvalue weighted by molar-refractivity contribution is 0.595. The molecule has 2 rings (SSSR count). The van der Waals surface area contributed by atoms with E-state index in [1.807, 2.05) is 19.0 Å². The number of aromatic nitrogens is 1. The van der Waals surface area contributed by atoms with E-state index in [0.29, 0.717) is 5.69 Å². The first-order valence-electron chi connectivity index (χ1n) is 5.54. The molecule has 0 aliphatic rings. The highest BCUT2D eigenvalue weighted by Crippen LogP contribution is 2.31. The van der Waals surface area contributed by atoms with Crippen LogP contribution in [0.2, 0.25) is 0 Å². The van der Waals surface area contributed by atoms with E-state index in [-0.39, 0.29) is 5.56 Å². The van der Waals surface area contributed by atoms with E-state index in [1.165, 1.54) is 6.07 Å². The summed E-state index contributed by atoms with van der Waals surface area (Å²) in [5, 5.41) is 0. The Bertz CT molecular complexity index is 660. The van der Waals surface area contributed by atoms with Gasteiger partial charge in [0, 0.05) is 31.5 Å². The molecule has 0 unspecified atom stereocenters. The molecule has 0 saturated heterocycles. The van der Waals surface area contributed by atoms with Crippen LogP contribution in [0.3, 0.4) is 0 Å². The van der Waals surface area contributed by atoms with Crippen molar-refractivity contribution < 1.29 is 8.78 Å². The van der Waals surface area contributed by atoms with E-state index in [9.17, 15) is 8.78 Å². The van der Waals surface area contributed by atoms with Crippen LogP contribution >= 0.6 is 0 Å². The lowest BCUT2D eigenvalue weighted by Crippen LogP contribution is -2.08. The second-order valence-electron chi connectivity index (χ2n) is 4.16. The molecule has 0 amide bonds. The molecule has 0 saturated carbocycles. The van der Waals surface area contributed by atoms with Crippen molar-refractivity contribution in [2.24, 2.45) is 0 Å². The summed E-state index contributed by atoms with van der Waals surface area (Å²) in [6.45, 7) is 6.81. The zero-order valence-electron chi connectivity index (χ0n) is 10.5. The molecule has 96 valence electrons. The molecule has 0 atom stereocenters. The van der Waals surface area contributed by atoms with Gasteiger partial charge in [0.2, 0.25) is 0 Å². The van der Waals surface area contributed by atoms with Gasteiger partial charge in [-0.05, 0) is 24.3 Å². The van der Waals surface area contributed by atoms with Crippen LogP contribution in [0.5, 0.6) is 0 Å². The molecule has 1 aromatic carbocycles. The standard InChI is InChI=1S/C14H11F2N3/c1-17-14-11(15)5-4-10(13(14)16)12-8-9(19(2)3)6-7-18-12/h4-8H,2-3H3. The van der Waals surface area contributed by atoms with Gasteiger partial charge in [0.1, 0.15) is 11.6 Å². The van der Waals surface area contributed by atoms with Crippen molar-refractivity contribution in [3.63, 3.8) is 0 Å². The van der Waals surface area contributed by atoms with Crippen LogP contribution in [0.25, 0.3) is 16.1 Å². The van der Waals surface area contributed by atoms with Gasteiger partial charge in [-0.2, -0.15) is 0 Å². The molecule has 0 N–H and O–H groups in total. The molecule has 0 fully saturated rings. The summed E-state index contributed by atoms with van der Waals surface area (Å²) < 4.78 is 27.3. The topological polar surface area (TPSA) is 20.5 Å². The Hall–Kier alpha value is -2.48. The summed E-state index contributed by atoms with van der Waals surface area (Å²) in [5.41, 5.74) is 0.734. The molecule has 1 heterocycles. The van der Waals surface area contributed by atoms with Crippen molar-refractivity contribution in [1.82, 2.24) is 4.98 Å². The smallest absolute Gasteiger partial charge is 0.257 e. The van der Waals surface area contributed by atoms with Crippen molar-refractivity contribution >= 4 is 11.4 Å². The Balaban J connectivity index is 2.60. The Morgan fingerprint density at radius 2 is 1.95 bits per heavy atom. The average Bonchev–Trinajstić information content (AvgIpc) is 2.39. The molecule has 0 aliphatic heterocycles. The lowest BCUT2D eigenvalue weighted by atomic mass is 10.1. The summed E-state index contributed by atoms with van der Waals surface area (Å²) in [4.78, 5) is 8.79. The fraction of sp³-hybridized carbons (Fsp3) is 0.143. The van der Waals surface area contributed by atoms with Crippen LogP contribution < -0.4 is 4.90 Å². The highest BCUT2D eigenvalue weighted by atomic mass is 19.1. The third-order valence-electron chi connectivity index (χ3n) is 2.71. The maximum absolute atomic E-state index is 14.0. The maximum atomic E-state index is 14.0. The number of hydrogen-bond donors (Lipinski definition) is 0. The second kappa shape index (κ2) is 5.02. The van der Waals surface area contributed by atoms with E-state index >= 15 is 0 Å². The van der Waals surface area contributed by atoms with Gasteiger partial charge in [-0.1, -0.05) is 0 Å². The fourth-order valence-electron chi connectivity index (χ4n) is 1.69. The zero-order valence-corrected chi connectivity index (χ0v) is 10.5. The summed E-state index contributed by atoms with van der Waals surface area (Å²) in [7, 11) is 3.70. The van der Waals surface area contributed by atoms with Gasteiger partial charge in [0.05, 0.1) is 12.3 Å². The van der Waals surface area contributed by atoms with Gasteiger partial charge in [0.15, 0.2) is 0 Å². The number of anilines is 1. The predicted molar refractivity (Wildman–Crippen MR) is 70.2 cm³/mol. The molecule has 0 radical (unpaired) electrons. The molecule has 3 nitrogen and oxygen atoms in total. The van der Waals surface area contributed by atoms with Crippen LogP contribution in [0.4, 0.5) is 20.2 Å². The number of halogens is 2. The van der Waals surface area contributed by atoms with Crippen molar-refractivity contribution in [2.45, 2.75) is 0 Å². The van der Waals surface area contributed by atoms with Crippen LogP contribution in [0.15, 0.2) is 30.5 Å². The molecule has 0 bridgehead atoms. The van der Waals surface area contributed by atoms with Crippen LogP contribution in [-0.4, -0.2) is 19.1 Å². The average molecular weight is 259 g/mol. The van der Waals surface area contributed by atoms with Gasteiger partial charge in [-0.3, -0.25) is 4.98 Å². The quantitative estimate of drug-likeness (QED) is 0.767. The SMILES string of the molecule is [C-]#[N+]c1c(F)ccc(-c2cc(N(C)C)ccn2)c1F. The first-order valence-corrected chi connectivity index (χ1v) is 5.54. The summed E-state index contributed by atoms with van der Waals surface area (Å²) in [5.74, 6) is -1.74. The highest BCUT2D eigenvalue weighted by Gasteiger charge is 2.16. The number of rotatable bonds is 2. The number of hydrogen-bond acceptors (Lipinski definition) is 2. The van der Waals surface area contributed by atoms with Gasteiger partial charge < -0.3 is 4.90 Å². The Morgan fingerprint density at radius 3 is 2.58 bits per heavy atom. The van der Waals surface area contributed by atoms with Crippen molar-refractivity contribution in [3.8, 4) is 11.3 Å². The molecule has 2 aromatic rings. The first kappa shape index (κ1) is 13.0. The lowest BCUT2D eigenvalue weighted by Gasteiger charge is -2.13. The van der Waals surface area contributed by atoms with Crippen molar-refractivity contribution in [1.29, 1.82) is 0 Å². The van der Waals surface area contributed by atoms with Gasteiger partial charge in [0.25, 0.3) is 5.69 Å². The molecule has 0 aliphatic carbocycles. The normalized spacial score (nSPS) is 10.1. The van der Waals surface area contributed by atoms with Crippen LogP contribution in [-0.2, 0) is 0 Å². The minimum atomic E-state index is -0.876. The second-order valence-corrected chi connectivity index (χ2v) is 4.16. The maximum Gasteiger partial charge on any atom is 0.257 e. The van der Waals surface area contributed by atoms with E-state index < -0.39 is 17.3 Å². The first-order chi connectivity index (χ1) is 9.04. The van der Waals surface area contributed by atoms with E-state index in [0.717, 1.165) is 11.8 Å². The third kappa shape index (κ3) is 2.38.